The molecule has 2 aliphatic heterocycles. The minimum Gasteiger partial charge on any atom is -0.481 e. The third kappa shape index (κ3) is 3.08. The Morgan fingerprint density at radius 2 is 1.77 bits per heavy atom. The van der Waals surface area contributed by atoms with E-state index in [1.165, 1.54) is 0 Å². The number of nitrogens with zero attached hydrogens (tertiary/aromatic N) is 2. The van der Waals surface area contributed by atoms with Crippen molar-refractivity contribution < 1.29 is 24.2 Å². The number of hydrogen-bond acceptors (Lipinski definition) is 5. The molecule has 2 aliphatic rings. The molecule has 0 unspecified atom stereocenters. The van der Waals surface area contributed by atoms with Crippen molar-refractivity contribution in [2.75, 3.05) is 37.9 Å². The SMILES string of the molecule is O=C(O)CCC(=O)N1CCN(c2ccc3c(c2)OCO3)CC1. The molecule has 7 nitrogen and oxygen atoms in total. The minimum atomic E-state index is -0.938. The molecule has 0 atom stereocenters. The molecule has 0 radical (unpaired) electrons. The summed E-state index contributed by atoms with van der Waals surface area (Å²) in [5.74, 6) is 0.476. The Bertz CT molecular complexity index is 581. The molecule has 1 aromatic rings. The Morgan fingerprint density at radius 1 is 1.05 bits per heavy atom. The lowest BCUT2D eigenvalue weighted by molar-refractivity contribution is -0.141. The van der Waals surface area contributed by atoms with Crippen LogP contribution in [0.3, 0.4) is 0 Å². The van der Waals surface area contributed by atoms with Crippen molar-refractivity contribution in [3.63, 3.8) is 0 Å². The van der Waals surface area contributed by atoms with Gasteiger partial charge in [0.25, 0.3) is 0 Å². The van der Waals surface area contributed by atoms with Gasteiger partial charge in [0, 0.05) is 44.4 Å². The zero-order valence-electron chi connectivity index (χ0n) is 12.2. The highest BCUT2D eigenvalue weighted by Gasteiger charge is 2.23. The van der Waals surface area contributed by atoms with Gasteiger partial charge in [-0.05, 0) is 12.1 Å². The van der Waals surface area contributed by atoms with Crippen LogP contribution in [0, 0.1) is 0 Å². The summed E-state index contributed by atoms with van der Waals surface area (Å²) in [5, 5.41) is 8.63. The van der Waals surface area contributed by atoms with Crippen molar-refractivity contribution in [2.24, 2.45) is 0 Å². The fraction of sp³-hybridized carbons (Fsp3) is 0.467. The van der Waals surface area contributed by atoms with Gasteiger partial charge in [0.2, 0.25) is 12.7 Å². The van der Waals surface area contributed by atoms with Gasteiger partial charge in [-0.15, -0.1) is 0 Å². The van der Waals surface area contributed by atoms with E-state index in [1.807, 2.05) is 18.2 Å². The summed E-state index contributed by atoms with van der Waals surface area (Å²) in [6, 6.07) is 5.82. The van der Waals surface area contributed by atoms with Crippen LogP contribution in [-0.4, -0.2) is 54.9 Å². The number of anilines is 1. The highest BCUT2D eigenvalue weighted by atomic mass is 16.7. The third-order valence-electron chi connectivity index (χ3n) is 3.91. The first-order chi connectivity index (χ1) is 10.6. The van der Waals surface area contributed by atoms with E-state index >= 15 is 0 Å². The fourth-order valence-electron chi connectivity index (χ4n) is 2.67. The molecule has 2 heterocycles. The average Bonchev–Trinajstić information content (AvgIpc) is 3.00. The zero-order chi connectivity index (χ0) is 15.5. The maximum atomic E-state index is 11.9. The van der Waals surface area contributed by atoms with Crippen molar-refractivity contribution in [1.29, 1.82) is 0 Å². The second-order valence-corrected chi connectivity index (χ2v) is 5.30. The number of carbonyl (C=O) groups is 2. The van der Waals surface area contributed by atoms with Gasteiger partial charge in [0.1, 0.15) is 0 Å². The summed E-state index contributed by atoms with van der Waals surface area (Å²) in [4.78, 5) is 26.3. The summed E-state index contributed by atoms with van der Waals surface area (Å²) in [7, 11) is 0. The average molecular weight is 306 g/mol. The van der Waals surface area contributed by atoms with Gasteiger partial charge in [0.05, 0.1) is 6.42 Å². The van der Waals surface area contributed by atoms with E-state index in [4.69, 9.17) is 14.6 Å². The maximum absolute atomic E-state index is 11.9. The lowest BCUT2D eigenvalue weighted by Gasteiger charge is -2.36. The van der Waals surface area contributed by atoms with Crippen molar-refractivity contribution in [3.8, 4) is 11.5 Å². The van der Waals surface area contributed by atoms with E-state index in [9.17, 15) is 9.59 Å². The summed E-state index contributed by atoms with van der Waals surface area (Å²) in [6.45, 7) is 2.90. The smallest absolute Gasteiger partial charge is 0.303 e. The Morgan fingerprint density at radius 3 is 2.50 bits per heavy atom. The van der Waals surface area contributed by atoms with Crippen LogP contribution in [0.2, 0.25) is 0 Å². The lowest BCUT2D eigenvalue weighted by atomic mass is 10.2. The molecule has 1 fully saturated rings. The van der Waals surface area contributed by atoms with E-state index in [2.05, 4.69) is 4.90 Å². The Labute approximate surface area is 128 Å². The normalized spacial score (nSPS) is 16.7. The van der Waals surface area contributed by atoms with Crippen LogP contribution in [0.1, 0.15) is 12.8 Å². The standard InChI is InChI=1S/C15H18N2O5/c18-14(3-4-15(19)20)17-7-5-16(6-8-17)11-1-2-12-13(9-11)22-10-21-12/h1-2,9H,3-8,10H2,(H,19,20). The Kier molecular flexibility index (Phi) is 4.04. The molecule has 22 heavy (non-hydrogen) atoms. The topological polar surface area (TPSA) is 79.3 Å². The number of fused-ring (bicyclic) bond motifs is 1. The molecule has 1 amide bonds. The summed E-state index contributed by atoms with van der Waals surface area (Å²) < 4.78 is 10.7. The van der Waals surface area contributed by atoms with Crippen LogP contribution in [0.15, 0.2) is 18.2 Å². The molecule has 1 saturated heterocycles. The molecule has 0 aliphatic carbocycles. The predicted molar refractivity (Wildman–Crippen MR) is 78.2 cm³/mol. The van der Waals surface area contributed by atoms with Crippen LogP contribution in [0.4, 0.5) is 5.69 Å². The molecular weight excluding hydrogens is 288 g/mol. The Hall–Kier alpha value is -2.44. The monoisotopic (exact) mass is 306 g/mol. The molecule has 1 N–H and O–H groups in total. The quantitative estimate of drug-likeness (QED) is 0.891. The van der Waals surface area contributed by atoms with Crippen LogP contribution in [0.25, 0.3) is 0 Å². The number of ether oxygens (including phenoxy) is 2. The molecule has 0 aromatic heterocycles. The first kappa shape index (κ1) is 14.5. The van der Waals surface area contributed by atoms with Crippen molar-refractivity contribution >= 4 is 17.6 Å². The number of rotatable bonds is 4. The number of carbonyl (C=O) groups excluding carboxylic acids is 1. The second kappa shape index (κ2) is 6.13. The predicted octanol–water partition coefficient (Wildman–Crippen LogP) is 0.929. The van der Waals surface area contributed by atoms with Gasteiger partial charge in [-0.3, -0.25) is 9.59 Å². The van der Waals surface area contributed by atoms with E-state index < -0.39 is 5.97 Å². The van der Waals surface area contributed by atoms with Crippen molar-refractivity contribution in [3.05, 3.63) is 18.2 Å². The molecule has 3 rings (SSSR count). The lowest BCUT2D eigenvalue weighted by Crippen LogP contribution is -2.48. The van der Waals surface area contributed by atoms with Crippen molar-refractivity contribution in [2.45, 2.75) is 12.8 Å². The zero-order valence-corrected chi connectivity index (χ0v) is 12.2. The van der Waals surface area contributed by atoms with Crippen LogP contribution in [0.5, 0.6) is 11.5 Å². The summed E-state index contributed by atoms with van der Waals surface area (Å²) >= 11 is 0. The summed E-state index contributed by atoms with van der Waals surface area (Å²) in [5.41, 5.74) is 1.04. The number of amides is 1. The number of benzene rings is 1. The van der Waals surface area contributed by atoms with E-state index in [0.717, 1.165) is 30.3 Å². The maximum Gasteiger partial charge on any atom is 0.303 e. The van der Waals surface area contributed by atoms with Crippen LogP contribution in [-0.2, 0) is 9.59 Å². The van der Waals surface area contributed by atoms with Crippen LogP contribution < -0.4 is 14.4 Å². The molecule has 1 aromatic carbocycles. The van der Waals surface area contributed by atoms with Gasteiger partial charge >= 0.3 is 5.97 Å². The van der Waals surface area contributed by atoms with E-state index in [1.54, 1.807) is 4.90 Å². The summed E-state index contributed by atoms with van der Waals surface area (Å²) in [6.07, 6.45) is -0.0411. The Balaban J connectivity index is 1.55. The van der Waals surface area contributed by atoms with E-state index in [-0.39, 0.29) is 25.5 Å². The van der Waals surface area contributed by atoms with Gasteiger partial charge in [-0.1, -0.05) is 0 Å². The van der Waals surface area contributed by atoms with Crippen molar-refractivity contribution in [1.82, 2.24) is 4.90 Å². The molecule has 0 saturated carbocycles. The third-order valence-corrected chi connectivity index (χ3v) is 3.91. The first-order valence-corrected chi connectivity index (χ1v) is 7.27. The second-order valence-electron chi connectivity index (χ2n) is 5.30. The number of aliphatic carboxylic acids is 1. The number of hydrogen-bond donors (Lipinski definition) is 1. The van der Waals surface area contributed by atoms with E-state index in [0.29, 0.717) is 13.1 Å². The van der Waals surface area contributed by atoms with Gasteiger partial charge in [-0.2, -0.15) is 0 Å². The first-order valence-electron chi connectivity index (χ1n) is 7.27. The molecule has 0 bridgehead atoms. The highest BCUT2D eigenvalue weighted by molar-refractivity contribution is 5.81. The molecule has 0 spiro atoms. The number of carboxylic acids is 1. The molecular formula is C15H18N2O5. The van der Waals surface area contributed by atoms with Gasteiger partial charge in [-0.25, -0.2) is 0 Å². The molecule has 118 valence electrons. The van der Waals surface area contributed by atoms with Crippen LogP contribution >= 0.6 is 0 Å². The fourth-order valence-corrected chi connectivity index (χ4v) is 2.67. The largest absolute Gasteiger partial charge is 0.481 e. The highest BCUT2D eigenvalue weighted by Crippen LogP contribution is 2.35. The van der Waals surface area contributed by atoms with Gasteiger partial charge in [0.15, 0.2) is 11.5 Å². The number of carboxylic acid groups (broad SMARTS) is 1. The minimum absolute atomic E-state index is 0.0688. The molecule has 7 heteroatoms. The number of piperazine rings is 1. The van der Waals surface area contributed by atoms with Gasteiger partial charge < -0.3 is 24.4 Å².